The zero-order valence-electron chi connectivity index (χ0n) is 20.6. The summed E-state index contributed by atoms with van der Waals surface area (Å²) in [7, 11) is -3.93. The molecule has 0 spiro atoms. The number of anilines is 1. The number of hydrogen-bond acceptors (Lipinski definition) is 9. The van der Waals surface area contributed by atoms with Gasteiger partial charge in [-0.05, 0) is 36.6 Å². The number of benzene rings is 1. The quantitative estimate of drug-likeness (QED) is 0.224. The summed E-state index contributed by atoms with van der Waals surface area (Å²) in [6.45, 7) is 2.21. The van der Waals surface area contributed by atoms with Gasteiger partial charge in [-0.15, -0.1) is 9.19 Å². The first-order chi connectivity index (χ1) is 18.4. The van der Waals surface area contributed by atoms with Crippen molar-refractivity contribution >= 4 is 21.5 Å². The van der Waals surface area contributed by atoms with Crippen LogP contribution in [0.3, 0.4) is 0 Å². The predicted octanol–water partition coefficient (Wildman–Crippen LogP) is 1.17. The molecule has 1 aromatic carbocycles. The van der Waals surface area contributed by atoms with Crippen LogP contribution in [0.2, 0.25) is 0 Å². The van der Waals surface area contributed by atoms with E-state index < -0.39 is 10.0 Å². The van der Waals surface area contributed by atoms with Crippen LogP contribution in [0, 0.1) is 0 Å². The molecule has 3 N–H and O–H groups in total. The third-order valence-corrected chi connectivity index (χ3v) is 7.69. The molecule has 38 heavy (non-hydrogen) atoms. The predicted molar refractivity (Wildman–Crippen MR) is 137 cm³/mol. The first-order valence-electron chi connectivity index (χ1n) is 12.0. The summed E-state index contributed by atoms with van der Waals surface area (Å²) in [5, 5.41) is 30.9. The largest absolute Gasteiger partial charge is 0.396 e. The second kappa shape index (κ2) is 10.7. The normalized spacial score (nSPS) is 11.8. The smallest absolute Gasteiger partial charge is 0.284 e. The zero-order valence-corrected chi connectivity index (χ0v) is 21.5. The topological polar surface area (TPSA) is 151 Å². The second-order valence-corrected chi connectivity index (χ2v) is 10.4. The van der Waals surface area contributed by atoms with E-state index in [4.69, 9.17) is 4.98 Å². The maximum atomic E-state index is 13.0. The number of pyridine rings is 1. The fourth-order valence-corrected chi connectivity index (χ4v) is 5.31. The molecule has 5 aromatic rings. The SMILES string of the molecule is CCc1cnn2c(NCc3ccc[n+](CO)c3)cc(-c3ccc(S(=O)(=O)n4cncn4)cc3CCO)nc12. The Labute approximate surface area is 218 Å². The van der Waals surface area contributed by atoms with Crippen LogP contribution in [0.15, 0.2) is 72.5 Å². The Hall–Kier alpha value is -4.20. The molecule has 0 saturated heterocycles. The highest BCUT2D eigenvalue weighted by Crippen LogP contribution is 2.29. The van der Waals surface area contributed by atoms with E-state index in [0.717, 1.165) is 34.3 Å². The first kappa shape index (κ1) is 25.4. The third kappa shape index (κ3) is 4.86. The molecule has 0 unspecified atom stereocenters. The number of hydrogen-bond donors (Lipinski definition) is 3. The summed E-state index contributed by atoms with van der Waals surface area (Å²) in [4.78, 5) is 8.64. The molecule has 4 aromatic heterocycles. The van der Waals surface area contributed by atoms with Crippen molar-refractivity contribution in [3.63, 3.8) is 0 Å². The van der Waals surface area contributed by atoms with Crippen LogP contribution in [0.5, 0.6) is 0 Å². The Morgan fingerprint density at radius 3 is 2.71 bits per heavy atom. The van der Waals surface area contributed by atoms with Gasteiger partial charge in [-0.1, -0.05) is 13.0 Å². The Morgan fingerprint density at radius 2 is 1.97 bits per heavy atom. The van der Waals surface area contributed by atoms with E-state index in [0.29, 0.717) is 34.8 Å². The monoisotopic (exact) mass is 535 g/mol. The molecule has 0 bridgehead atoms. The average molecular weight is 536 g/mol. The minimum absolute atomic E-state index is 0.0366. The van der Waals surface area contributed by atoms with Gasteiger partial charge in [0.2, 0.25) is 6.73 Å². The van der Waals surface area contributed by atoms with Crippen molar-refractivity contribution in [2.75, 3.05) is 11.9 Å². The van der Waals surface area contributed by atoms with Gasteiger partial charge in [0.25, 0.3) is 10.0 Å². The van der Waals surface area contributed by atoms with Crippen molar-refractivity contribution in [2.45, 2.75) is 37.9 Å². The lowest BCUT2D eigenvalue weighted by atomic mass is 10.0. The highest BCUT2D eigenvalue weighted by molar-refractivity contribution is 7.89. The van der Waals surface area contributed by atoms with Crippen molar-refractivity contribution in [2.24, 2.45) is 0 Å². The van der Waals surface area contributed by atoms with Crippen LogP contribution in [-0.4, -0.2) is 54.0 Å². The lowest BCUT2D eigenvalue weighted by molar-refractivity contribution is -0.730. The van der Waals surface area contributed by atoms with Gasteiger partial charge in [0.1, 0.15) is 18.5 Å². The van der Waals surface area contributed by atoms with Gasteiger partial charge in [0, 0.05) is 42.0 Å². The number of rotatable bonds is 10. The van der Waals surface area contributed by atoms with E-state index in [1.807, 2.05) is 31.3 Å². The van der Waals surface area contributed by atoms with Crippen molar-refractivity contribution in [1.29, 1.82) is 0 Å². The van der Waals surface area contributed by atoms with Gasteiger partial charge in [-0.3, -0.25) is 0 Å². The van der Waals surface area contributed by atoms with Gasteiger partial charge < -0.3 is 15.5 Å². The minimum atomic E-state index is -3.93. The summed E-state index contributed by atoms with van der Waals surface area (Å²) in [5.74, 6) is 0.693. The summed E-state index contributed by atoms with van der Waals surface area (Å²) in [6, 6.07) is 10.4. The third-order valence-electron chi connectivity index (χ3n) is 6.16. The molecule has 0 aliphatic heterocycles. The van der Waals surface area contributed by atoms with Crippen molar-refractivity contribution in [3.8, 4) is 11.3 Å². The van der Waals surface area contributed by atoms with E-state index in [1.54, 1.807) is 27.5 Å². The lowest BCUT2D eigenvalue weighted by Crippen LogP contribution is -2.33. The van der Waals surface area contributed by atoms with Gasteiger partial charge in [-0.2, -0.15) is 22.6 Å². The number of aliphatic hydroxyl groups is 2. The zero-order chi connectivity index (χ0) is 26.7. The Kier molecular flexibility index (Phi) is 7.13. The fraction of sp³-hybridized carbons (Fsp3) is 0.240. The lowest BCUT2D eigenvalue weighted by Gasteiger charge is -2.14. The molecule has 196 valence electrons. The summed E-state index contributed by atoms with van der Waals surface area (Å²) in [6.07, 6.45) is 8.65. The molecule has 13 heteroatoms. The molecule has 5 rings (SSSR count). The molecule has 12 nitrogen and oxygen atoms in total. The van der Waals surface area contributed by atoms with E-state index in [1.165, 1.54) is 12.1 Å². The molecule has 0 amide bonds. The molecule has 0 atom stereocenters. The molecule has 0 fully saturated rings. The van der Waals surface area contributed by atoms with Crippen molar-refractivity contribution in [1.82, 2.24) is 28.8 Å². The number of aryl methyl sites for hydroxylation is 1. The Morgan fingerprint density at radius 1 is 1.11 bits per heavy atom. The number of fused-ring (bicyclic) bond motifs is 1. The van der Waals surface area contributed by atoms with E-state index in [-0.39, 0.29) is 24.7 Å². The van der Waals surface area contributed by atoms with Crippen molar-refractivity contribution in [3.05, 3.63) is 84.3 Å². The van der Waals surface area contributed by atoms with E-state index >= 15 is 0 Å². The molecule has 0 aliphatic carbocycles. The fourth-order valence-electron chi connectivity index (χ4n) is 4.22. The molecular weight excluding hydrogens is 508 g/mol. The number of nitrogens with zero attached hydrogens (tertiary/aromatic N) is 7. The summed E-state index contributed by atoms with van der Waals surface area (Å²) >= 11 is 0. The van der Waals surface area contributed by atoms with Crippen LogP contribution >= 0.6 is 0 Å². The van der Waals surface area contributed by atoms with Gasteiger partial charge in [-0.25, -0.2) is 9.97 Å². The highest BCUT2D eigenvalue weighted by Gasteiger charge is 2.21. The van der Waals surface area contributed by atoms with Gasteiger partial charge in [0.05, 0.1) is 16.8 Å². The maximum Gasteiger partial charge on any atom is 0.284 e. The molecule has 0 aliphatic rings. The molecule has 0 saturated carbocycles. The van der Waals surface area contributed by atoms with Gasteiger partial charge in [0.15, 0.2) is 18.0 Å². The summed E-state index contributed by atoms with van der Waals surface area (Å²) in [5.41, 5.74) is 4.54. The summed E-state index contributed by atoms with van der Waals surface area (Å²) < 4.78 is 30.2. The standard InChI is InChI=1S/C25H27N8O4S/c1-2-19-13-28-33-24(27-12-18-4-3-8-31(14-18)17-35)11-23(30-25(19)33)22-6-5-21(10-20(22)7-9-34)38(36,37)32-16-26-15-29-32/h3-6,8,10-11,13-16,27,34-35H,2,7,9,12,17H2,1H3/q+1. The first-order valence-corrected chi connectivity index (χ1v) is 13.4. The molecular formula is C25H27N8O4S+. The van der Waals surface area contributed by atoms with E-state index in [9.17, 15) is 18.6 Å². The van der Waals surface area contributed by atoms with Crippen LogP contribution in [0.4, 0.5) is 5.82 Å². The van der Waals surface area contributed by atoms with Crippen LogP contribution in [0.25, 0.3) is 16.9 Å². The van der Waals surface area contributed by atoms with Crippen molar-refractivity contribution < 1.29 is 23.2 Å². The number of aromatic nitrogens is 7. The second-order valence-electron chi connectivity index (χ2n) is 8.57. The maximum absolute atomic E-state index is 13.0. The Bertz CT molecular complexity index is 1680. The van der Waals surface area contributed by atoms with Gasteiger partial charge >= 0.3 is 0 Å². The number of aliphatic hydroxyl groups excluding tert-OH is 2. The van der Waals surface area contributed by atoms with Crippen LogP contribution in [0.1, 0.15) is 23.6 Å². The molecule has 4 heterocycles. The molecule has 0 radical (unpaired) electrons. The van der Waals surface area contributed by atoms with Crippen LogP contribution < -0.4 is 9.88 Å². The number of nitrogens with one attached hydrogen (secondary N) is 1. The minimum Gasteiger partial charge on any atom is -0.396 e. The Balaban J connectivity index is 1.58. The van der Waals surface area contributed by atoms with E-state index in [2.05, 4.69) is 20.5 Å². The highest BCUT2D eigenvalue weighted by atomic mass is 32.2. The average Bonchev–Trinajstić information content (AvgIpc) is 3.63. The van der Waals surface area contributed by atoms with Crippen LogP contribution in [-0.2, 0) is 36.1 Å².